The summed E-state index contributed by atoms with van der Waals surface area (Å²) < 4.78 is 35.4. The van der Waals surface area contributed by atoms with Crippen molar-refractivity contribution >= 4 is 19.8 Å². The van der Waals surface area contributed by atoms with E-state index in [1.165, 1.54) is 19.2 Å². The first-order valence-electron chi connectivity index (χ1n) is 11.2. The molecule has 3 saturated heterocycles. The number of aliphatic hydroxyl groups excluding tert-OH is 2. The zero-order valence-electron chi connectivity index (χ0n) is 19.0. The molecule has 17 heteroatoms. The molecule has 0 radical (unpaired) electrons. The van der Waals surface area contributed by atoms with Crippen LogP contribution in [0.2, 0.25) is 0 Å². The molecule has 6 heterocycles. The van der Waals surface area contributed by atoms with Crippen molar-refractivity contribution in [3.05, 3.63) is 28.4 Å². The van der Waals surface area contributed by atoms with Gasteiger partial charge in [0, 0.05) is 19.0 Å². The van der Waals surface area contributed by atoms with Gasteiger partial charge in [-0.05, 0) is 13.0 Å². The first-order valence-corrected chi connectivity index (χ1v) is 12.7. The van der Waals surface area contributed by atoms with E-state index in [0.29, 0.717) is 0 Å². The number of aromatic nitrogens is 2. The predicted octanol–water partition coefficient (Wildman–Crippen LogP) is -2.17. The fourth-order valence-corrected chi connectivity index (χ4v) is 5.88. The third-order valence-corrected chi connectivity index (χ3v) is 7.79. The van der Waals surface area contributed by atoms with Crippen LogP contribution >= 0.6 is 7.82 Å². The number of aliphatic hydroxyl groups is 2. The van der Waals surface area contributed by atoms with Crippen molar-refractivity contribution in [1.82, 2.24) is 19.8 Å². The molecule has 0 saturated carbocycles. The van der Waals surface area contributed by atoms with E-state index in [4.69, 9.17) is 24.3 Å². The molecule has 6 rings (SSSR count). The second-order valence-corrected chi connectivity index (χ2v) is 10.7. The topological polar surface area (TPSA) is 225 Å². The van der Waals surface area contributed by atoms with Gasteiger partial charge in [0.15, 0.2) is 0 Å². The lowest BCUT2D eigenvalue weighted by atomic mass is 9.86. The normalized spacial score (nSPS) is 42.9. The molecule has 0 aromatic carbocycles. The second kappa shape index (κ2) is 8.93. The average molecular weight is 531 g/mol. The van der Waals surface area contributed by atoms with Crippen LogP contribution < -0.4 is 16.7 Å². The van der Waals surface area contributed by atoms with Gasteiger partial charge in [-0.2, -0.15) is 4.98 Å². The molecular formula is C19H26N5O11P. The Morgan fingerprint density at radius 1 is 1.25 bits per heavy atom. The highest BCUT2D eigenvalue weighted by molar-refractivity contribution is 7.47. The Labute approximate surface area is 203 Å². The summed E-state index contributed by atoms with van der Waals surface area (Å²) in [5.41, 5.74) is 3.73. The molecule has 1 aromatic rings. The summed E-state index contributed by atoms with van der Waals surface area (Å²) in [7, 11) is -4.75. The molecule has 36 heavy (non-hydrogen) atoms. The van der Waals surface area contributed by atoms with Crippen molar-refractivity contribution < 1.29 is 47.8 Å². The number of rotatable bonds is 1. The van der Waals surface area contributed by atoms with Gasteiger partial charge in [-0.1, -0.05) is 0 Å². The maximum absolute atomic E-state index is 13.0. The van der Waals surface area contributed by atoms with E-state index < -0.39 is 87.1 Å². The number of ether oxygens (including phenoxy) is 2. The summed E-state index contributed by atoms with van der Waals surface area (Å²) in [6.45, 7) is 0.179. The highest BCUT2D eigenvalue weighted by atomic mass is 31.2. The van der Waals surface area contributed by atoms with E-state index in [9.17, 15) is 34.1 Å². The van der Waals surface area contributed by atoms with Gasteiger partial charge in [0.05, 0.1) is 25.0 Å². The third kappa shape index (κ3) is 4.27. The molecule has 6 bridgehead atoms. The number of nitrogens with two attached hydrogens (primary N) is 1. The van der Waals surface area contributed by atoms with Crippen molar-refractivity contribution in [2.45, 2.75) is 68.2 Å². The Morgan fingerprint density at radius 2 is 2.00 bits per heavy atom. The third-order valence-electron chi connectivity index (χ3n) is 6.78. The van der Waals surface area contributed by atoms with Crippen LogP contribution in [0.5, 0.6) is 0 Å². The summed E-state index contributed by atoms with van der Waals surface area (Å²) in [5.74, 6) is -0.822. The minimum absolute atomic E-state index is 0.0173. The summed E-state index contributed by atoms with van der Waals surface area (Å²) >= 11 is 0. The van der Waals surface area contributed by atoms with Gasteiger partial charge >= 0.3 is 19.5 Å². The molecule has 1 aromatic heterocycles. The number of hydrogen-bond acceptors (Lipinski definition) is 12. The van der Waals surface area contributed by atoms with Gasteiger partial charge < -0.3 is 30.3 Å². The standard InChI is InChI=1S/C19H26N5O11P/c1-19(20)15-8-2-3-23(17(28)21-8)13-4-9(26)12(34-13)7-32-36(30,31)35-10-5-14(33-11(10)6-25)24(15)18(29)22-16(19)27/h2-3,9-15,25-26H,4-7,20H2,1H3,(H,30,31)(H,22,27,29)/t9-,10-,11+,12+,13+,14+,15-,19+/m0/s1. The van der Waals surface area contributed by atoms with Crippen molar-refractivity contribution in [2.75, 3.05) is 13.2 Å². The lowest BCUT2D eigenvalue weighted by Gasteiger charge is -2.46. The molecule has 3 fully saturated rings. The zero-order valence-corrected chi connectivity index (χ0v) is 19.9. The van der Waals surface area contributed by atoms with E-state index in [0.717, 1.165) is 9.47 Å². The van der Waals surface area contributed by atoms with E-state index in [1.54, 1.807) is 0 Å². The Hall–Kier alpha value is -2.27. The van der Waals surface area contributed by atoms with Crippen LogP contribution in [0.4, 0.5) is 4.79 Å². The number of urea groups is 1. The quantitative estimate of drug-likeness (QED) is 0.243. The SMILES string of the molecule is C[C@]1(N)C(=O)NC(=O)N2[C@H]1c1ccn(c(=O)n1)[C@H]1C[C@H](O)[C@@H](COP(=O)(O)O[C@H]3C[C@H]2O[C@@H]3CO)O1. The van der Waals surface area contributed by atoms with Gasteiger partial charge in [0.25, 0.3) is 0 Å². The molecule has 0 spiro atoms. The molecule has 198 valence electrons. The Bertz CT molecular complexity index is 1180. The first-order chi connectivity index (χ1) is 16.9. The number of phosphoric ester groups is 1. The van der Waals surface area contributed by atoms with Crippen LogP contribution in [0.25, 0.3) is 0 Å². The first kappa shape index (κ1) is 25.4. The second-order valence-electron chi connectivity index (χ2n) is 9.28. The van der Waals surface area contributed by atoms with E-state index in [2.05, 4.69) is 10.3 Å². The average Bonchev–Trinajstić information content (AvgIpc) is 3.36. The number of hydrogen-bond donors (Lipinski definition) is 5. The highest BCUT2D eigenvalue weighted by Crippen LogP contribution is 2.49. The summed E-state index contributed by atoms with van der Waals surface area (Å²) in [5, 5.41) is 22.3. The smallest absolute Gasteiger partial charge is 0.394 e. The van der Waals surface area contributed by atoms with Crippen molar-refractivity contribution in [3.8, 4) is 0 Å². The maximum atomic E-state index is 13.0. The van der Waals surface area contributed by atoms with E-state index in [1.807, 2.05) is 0 Å². The number of amides is 3. The fraction of sp³-hybridized carbons (Fsp3) is 0.684. The molecule has 6 N–H and O–H groups in total. The molecule has 5 aliphatic rings. The lowest BCUT2D eigenvalue weighted by molar-refractivity contribution is -0.136. The lowest BCUT2D eigenvalue weighted by Crippen LogP contribution is -2.70. The Kier molecular flexibility index (Phi) is 6.30. The van der Waals surface area contributed by atoms with Gasteiger partial charge in [0.1, 0.15) is 42.3 Å². The molecule has 0 aliphatic carbocycles. The summed E-state index contributed by atoms with van der Waals surface area (Å²) in [4.78, 5) is 54.0. The van der Waals surface area contributed by atoms with Gasteiger partial charge in [0.2, 0.25) is 5.91 Å². The maximum Gasteiger partial charge on any atom is 0.472 e. The minimum atomic E-state index is -4.75. The highest BCUT2D eigenvalue weighted by Gasteiger charge is 2.55. The molecule has 1 unspecified atom stereocenters. The molecular weight excluding hydrogens is 505 g/mol. The minimum Gasteiger partial charge on any atom is -0.394 e. The number of nitrogens with one attached hydrogen (secondary N) is 1. The monoisotopic (exact) mass is 531 g/mol. The number of nitrogens with zero attached hydrogens (tertiary/aromatic N) is 3. The van der Waals surface area contributed by atoms with Crippen molar-refractivity contribution in [2.24, 2.45) is 5.73 Å². The van der Waals surface area contributed by atoms with Crippen LogP contribution in [0.1, 0.15) is 37.7 Å². The summed E-state index contributed by atoms with van der Waals surface area (Å²) in [6, 6.07) is -0.802. The molecule has 3 amide bonds. The number of imide groups is 1. The summed E-state index contributed by atoms with van der Waals surface area (Å²) in [6.07, 6.45) is -5.62. The van der Waals surface area contributed by atoms with Crippen LogP contribution in [0.15, 0.2) is 17.1 Å². The zero-order chi connectivity index (χ0) is 26.0. The predicted molar refractivity (Wildman–Crippen MR) is 115 cm³/mol. The van der Waals surface area contributed by atoms with Gasteiger partial charge in [-0.15, -0.1) is 0 Å². The van der Waals surface area contributed by atoms with Crippen LogP contribution in [-0.2, 0) is 27.9 Å². The van der Waals surface area contributed by atoms with Gasteiger partial charge in [-0.25, -0.2) is 14.2 Å². The Morgan fingerprint density at radius 3 is 2.69 bits per heavy atom. The Balaban J connectivity index is 1.63. The number of phosphoric acid groups is 1. The fourth-order valence-electron chi connectivity index (χ4n) is 4.92. The van der Waals surface area contributed by atoms with Gasteiger partial charge in [-0.3, -0.25) is 28.6 Å². The van der Waals surface area contributed by atoms with Crippen molar-refractivity contribution in [1.29, 1.82) is 0 Å². The number of carbonyl (C=O) groups is 2. The number of carbonyl (C=O) groups excluding carboxylic acids is 2. The van der Waals surface area contributed by atoms with Crippen LogP contribution in [0, 0.1) is 0 Å². The van der Waals surface area contributed by atoms with Crippen LogP contribution in [0.3, 0.4) is 0 Å². The van der Waals surface area contributed by atoms with Crippen LogP contribution in [-0.4, -0.2) is 90.9 Å². The largest absolute Gasteiger partial charge is 0.472 e. The number of fused-ring (bicyclic) bond motifs is 5. The molecule has 16 nitrogen and oxygen atoms in total. The van der Waals surface area contributed by atoms with E-state index in [-0.39, 0.29) is 18.5 Å². The molecule has 5 aliphatic heterocycles. The van der Waals surface area contributed by atoms with E-state index >= 15 is 0 Å². The van der Waals surface area contributed by atoms with Crippen molar-refractivity contribution in [3.63, 3.8) is 0 Å². The molecule has 9 atom stereocenters.